The van der Waals surface area contributed by atoms with Gasteiger partial charge >= 0.3 is 0 Å². The van der Waals surface area contributed by atoms with Crippen LogP contribution in [-0.4, -0.2) is 47.3 Å². The summed E-state index contributed by atoms with van der Waals surface area (Å²) in [5.41, 5.74) is 2.07. The number of sulfonamides is 1. The predicted molar refractivity (Wildman–Crippen MR) is 132 cm³/mol. The van der Waals surface area contributed by atoms with Crippen LogP contribution in [0.1, 0.15) is 38.7 Å². The maximum absolute atomic E-state index is 12.7. The van der Waals surface area contributed by atoms with Gasteiger partial charge in [-0.05, 0) is 76.4 Å². The molecule has 34 heavy (non-hydrogen) atoms. The molecule has 1 aliphatic rings. The van der Waals surface area contributed by atoms with Gasteiger partial charge in [-0.2, -0.15) is 0 Å². The van der Waals surface area contributed by atoms with Crippen LogP contribution in [0.5, 0.6) is 0 Å². The Morgan fingerprint density at radius 2 is 1.71 bits per heavy atom. The second-order valence-electron chi connectivity index (χ2n) is 8.59. The Bertz CT molecular complexity index is 1230. The van der Waals surface area contributed by atoms with Crippen LogP contribution in [0.25, 0.3) is 11.5 Å². The molecular weight excluding hydrogens is 472 g/mol. The highest BCUT2D eigenvalue weighted by atomic mass is 32.2. The van der Waals surface area contributed by atoms with Gasteiger partial charge in [-0.1, -0.05) is 29.5 Å². The first-order valence-electron chi connectivity index (χ1n) is 11.2. The molecule has 2 atom stereocenters. The summed E-state index contributed by atoms with van der Waals surface area (Å²) in [6.45, 7) is 6.08. The van der Waals surface area contributed by atoms with E-state index in [0.717, 1.165) is 24.8 Å². The fourth-order valence-electron chi connectivity index (χ4n) is 4.11. The molecule has 3 aromatic rings. The Hall–Kier alpha value is -2.85. The van der Waals surface area contributed by atoms with Crippen LogP contribution in [0.3, 0.4) is 0 Å². The molecule has 0 bridgehead atoms. The SMILES string of the molecule is Cc1ccc(S(=O)(=O)Nc2ccc(-c3nnc(SCC(=O)N4C(C)CCCC4C)o3)cc2)cc1. The van der Waals surface area contributed by atoms with Gasteiger partial charge in [0.1, 0.15) is 0 Å². The van der Waals surface area contributed by atoms with Crippen molar-refractivity contribution in [2.45, 2.75) is 62.2 Å². The minimum Gasteiger partial charge on any atom is -0.411 e. The molecule has 1 saturated heterocycles. The Balaban J connectivity index is 1.37. The maximum atomic E-state index is 12.7. The maximum Gasteiger partial charge on any atom is 0.277 e. The number of piperidine rings is 1. The molecule has 10 heteroatoms. The number of carbonyl (C=O) groups is 1. The standard InChI is InChI=1S/C24H28N4O4S2/c1-16-7-13-21(14-8-16)34(30,31)27-20-11-9-19(10-12-20)23-25-26-24(32-23)33-15-22(29)28-17(2)5-4-6-18(28)3/h7-14,17-18,27H,4-6,15H2,1-3H3. The van der Waals surface area contributed by atoms with Crippen molar-refractivity contribution in [1.29, 1.82) is 0 Å². The number of amides is 1. The molecule has 1 aromatic heterocycles. The Morgan fingerprint density at radius 3 is 2.35 bits per heavy atom. The summed E-state index contributed by atoms with van der Waals surface area (Å²) in [5.74, 6) is 0.632. The van der Waals surface area contributed by atoms with E-state index in [2.05, 4.69) is 28.8 Å². The number of likely N-dealkylation sites (tertiary alicyclic amines) is 1. The highest BCUT2D eigenvalue weighted by Gasteiger charge is 2.29. The number of hydrogen-bond acceptors (Lipinski definition) is 7. The quantitative estimate of drug-likeness (QED) is 0.468. The molecule has 0 saturated carbocycles. The van der Waals surface area contributed by atoms with Crippen LogP contribution < -0.4 is 4.72 Å². The van der Waals surface area contributed by atoms with Gasteiger partial charge in [0.2, 0.25) is 11.8 Å². The summed E-state index contributed by atoms with van der Waals surface area (Å²) in [5, 5.41) is 8.43. The number of carbonyl (C=O) groups excluding carboxylic acids is 1. The highest BCUT2D eigenvalue weighted by Crippen LogP contribution is 2.27. The van der Waals surface area contributed by atoms with Crippen molar-refractivity contribution in [1.82, 2.24) is 15.1 Å². The van der Waals surface area contributed by atoms with Gasteiger partial charge in [0.05, 0.1) is 10.6 Å². The minimum atomic E-state index is -3.68. The van der Waals surface area contributed by atoms with Crippen molar-refractivity contribution < 1.29 is 17.6 Å². The average Bonchev–Trinajstić information content (AvgIpc) is 3.27. The minimum absolute atomic E-state index is 0.0784. The van der Waals surface area contributed by atoms with Gasteiger partial charge in [-0.25, -0.2) is 8.42 Å². The summed E-state index contributed by atoms with van der Waals surface area (Å²) in [6.07, 6.45) is 3.21. The fraction of sp³-hybridized carbons (Fsp3) is 0.375. The van der Waals surface area contributed by atoms with Crippen molar-refractivity contribution in [3.8, 4) is 11.5 Å². The molecular formula is C24H28N4O4S2. The second-order valence-corrected chi connectivity index (χ2v) is 11.2. The average molecular weight is 501 g/mol. The molecule has 0 spiro atoms. The fourth-order valence-corrected chi connectivity index (χ4v) is 5.80. The molecule has 0 radical (unpaired) electrons. The largest absolute Gasteiger partial charge is 0.411 e. The van der Waals surface area contributed by atoms with Crippen LogP contribution in [0.2, 0.25) is 0 Å². The number of thioether (sulfide) groups is 1. The van der Waals surface area contributed by atoms with Crippen molar-refractivity contribution in [2.75, 3.05) is 10.5 Å². The van der Waals surface area contributed by atoms with Gasteiger partial charge in [0, 0.05) is 23.3 Å². The lowest BCUT2D eigenvalue weighted by molar-refractivity contribution is -0.134. The molecule has 1 amide bonds. The number of hydrogen-bond donors (Lipinski definition) is 1. The number of aryl methyl sites for hydroxylation is 1. The zero-order valence-electron chi connectivity index (χ0n) is 19.4. The van der Waals surface area contributed by atoms with Crippen LogP contribution in [0.15, 0.2) is 63.1 Å². The number of nitrogens with zero attached hydrogens (tertiary/aromatic N) is 3. The van der Waals surface area contributed by atoms with Gasteiger partial charge in [-0.15, -0.1) is 10.2 Å². The molecule has 2 aromatic carbocycles. The third-order valence-corrected chi connectivity index (χ3v) is 8.12. The molecule has 1 aliphatic heterocycles. The lowest BCUT2D eigenvalue weighted by atomic mass is 9.98. The van der Waals surface area contributed by atoms with Crippen molar-refractivity contribution in [2.24, 2.45) is 0 Å². The Morgan fingerprint density at radius 1 is 1.06 bits per heavy atom. The first kappa shape index (κ1) is 24.3. The predicted octanol–water partition coefficient (Wildman–Crippen LogP) is 4.73. The Labute approximate surface area is 204 Å². The summed E-state index contributed by atoms with van der Waals surface area (Å²) < 4.78 is 33.4. The number of anilines is 1. The third kappa shape index (κ3) is 5.61. The smallest absolute Gasteiger partial charge is 0.277 e. The molecule has 180 valence electrons. The number of rotatable bonds is 7. The summed E-state index contributed by atoms with van der Waals surface area (Å²) in [7, 11) is -3.68. The van der Waals surface area contributed by atoms with Crippen molar-refractivity contribution in [3.05, 3.63) is 54.1 Å². The van der Waals surface area contributed by atoms with Crippen LogP contribution in [0.4, 0.5) is 5.69 Å². The molecule has 0 aliphatic carbocycles. The van der Waals surface area contributed by atoms with E-state index in [4.69, 9.17) is 4.42 Å². The van der Waals surface area contributed by atoms with E-state index >= 15 is 0 Å². The van der Waals surface area contributed by atoms with E-state index < -0.39 is 10.0 Å². The molecule has 1 fully saturated rings. The normalized spacial score (nSPS) is 18.6. The van der Waals surface area contributed by atoms with E-state index in [1.807, 2.05) is 11.8 Å². The van der Waals surface area contributed by atoms with E-state index in [-0.39, 0.29) is 28.6 Å². The second kappa shape index (κ2) is 10.2. The third-order valence-electron chi connectivity index (χ3n) is 5.92. The summed E-state index contributed by atoms with van der Waals surface area (Å²) >= 11 is 1.23. The van der Waals surface area contributed by atoms with Gasteiger partial charge in [-0.3, -0.25) is 9.52 Å². The lowest BCUT2D eigenvalue weighted by Gasteiger charge is -2.39. The zero-order valence-corrected chi connectivity index (χ0v) is 21.0. The molecule has 8 nitrogen and oxygen atoms in total. The molecule has 2 unspecified atom stereocenters. The zero-order chi connectivity index (χ0) is 24.3. The number of nitrogens with one attached hydrogen (secondary N) is 1. The van der Waals surface area contributed by atoms with Gasteiger partial charge in [0.15, 0.2) is 0 Å². The summed E-state index contributed by atoms with van der Waals surface area (Å²) in [6, 6.07) is 13.8. The van der Waals surface area contributed by atoms with Crippen molar-refractivity contribution >= 4 is 33.4 Å². The van der Waals surface area contributed by atoms with Crippen LogP contribution in [0, 0.1) is 6.92 Å². The van der Waals surface area contributed by atoms with E-state index in [1.54, 1.807) is 48.5 Å². The summed E-state index contributed by atoms with van der Waals surface area (Å²) in [4.78, 5) is 14.9. The molecule has 4 rings (SSSR count). The van der Waals surface area contributed by atoms with Crippen LogP contribution in [-0.2, 0) is 14.8 Å². The Kier molecular flexibility index (Phi) is 7.27. The molecule has 2 heterocycles. The monoisotopic (exact) mass is 500 g/mol. The number of benzene rings is 2. The first-order chi connectivity index (χ1) is 16.2. The first-order valence-corrected chi connectivity index (χ1v) is 13.7. The van der Waals surface area contributed by atoms with E-state index in [0.29, 0.717) is 22.4 Å². The van der Waals surface area contributed by atoms with Crippen LogP contribution >= 0.6 is 11.8 Å². The number of aromatic nitrogens is 2. The lowest BCUT2D eigenvalue weighted by Crippen LogP contribution is -2.48. The van der Waals surface area contributed by atoms with Gasteiger partial charge < -0.3 is 9.32 Å². The highest BCUT2D eigenvalue weighted by molar-refractivity contribution is 7.99. The topological polar surface area (TPSA) is 105 Å². The van der Waals surface area contributed by atoms with Gasteiger partial charge in [0.25, 0.3) is 15.2 Å². The van der Waals surface area contributed by atoms with E-state index in [9.17, 15) is 13.2 Å². The van der Waals surface area contributed by atoms with Crippen molar-refractivity contribution in [3.63, 3.8) is 0 Å². The van der Waals surface area contributed by atoms with E-state index in [1.165, 1.54) is 11.8 Å². The molecule has 1 N–H and O–H groups in total.